The zero-order valence-corrected chi connectivity index (χ0v) is 20.3. The molecule has 8 heteroatoms. The molecule has 0 aromatic heterocycles. The van der Waals surface area contributed by atoms with Crippen LogP contribution in [0.4, 0.5) is 0 Å². The van der Waals surface area contributed by atoms with E-state index in [2.05, 4.69) is 12.2 Å². The first-order chi connectivity index (χ1) is 14.8. The highest BCUT2D eigenvalue weighted by atomic mass is 35.5. The van der Waals surface area contributed by atoms with Crippen LogP contribution in [0.5, 0.6) is 0 Å². The lowest BCUT2D eigenvalue weighted by atomic mass is 10.0. The number of halogens is 1. The molecule has 1 fully saturated rings. The maximum absolute atomic E-state index is 13.0. The number of sulfonamides is 1. The molecule has 0 spiro atoms. The Hall–Kier alpha value is -1.54. The van der Waals surface area contributed by atoms with Crippen molar-refractivity contribution in [3.8, 4) is 0 Å². The summed E-state index contributed by atoms with van der Waals surface area (Å²) in [4.78, 5) is 12.9. The number of carbonyl (C=O) groups excluding carboxylic acids is 1. The second-order valence-electron chi connectivity index (χ2n) is 8.00. The number of thioether (sulfide) groups is 1. The normalized spacial score (nSPS) is 15.7. The number of hydrogen-bond donors (Lipinski definition) is 1. The number of benzene rings is 2. The molecule has 5 nitrogen and oxygen atoms in total. The monoisotopic (exact) mass is 480 g/mol. The predicted octanol–water partition coefficient (Wildman–Crippen LogP) is 4.73. The van der Waals surface area contributed by atoms with Gasteiger partial charge in [-0.3, -0.25) is 4.79 Å². The Balaban J connectivity index is 1.57. The van der Waals surface area contributed by atoms with Crippen LogP contribution >= 0.6 is 23.4 Å². The summed E-state index contributed by atoms with van der Waals surface area (Å²) in [5.41, 5.74) is 2.31. The summed E-state index contributed by atoms with van der Waals surface area (Å²) in [7, 11) is -3.58. The topological polar surface area (TPSA) is 66.5 Å². The molecule has 0 radical (unpaired) electrons. The van der Waals surface area contributed by atoms with Crippen molar-refractivity contribution in [3.05, 3.63) is 64.2 Å². The molecule has 1 heterocycles. The Bertz CT molecular complexity index is 1020. The van der Waals surface area contributed by atoms with Gasteiger partial charge in [0.25, 0.3) is 5.91 Å². The van der Waals surface area contributed by atoms with Crippen molar-refractivity contribution in [2.75, 3.05) is 25.4 Å². The van der Waals surface area contributed by atoms with Gasteiger partial charge in [-0.2, -0.15) is 16.1 Å². The molecule has 2 aromatic rings. The molecule has 1 amide bonds. The number of piperidine rings is 1. The lowest BCUT2D eigenvalue weighted by molar-refractivity contribution is 0.0955. The molecule has 1 aliphatic rings. The van der Waals surface area contributed by atoms with E-state index in [4.69, 9.17) is 11.6 Å². The summed E-state index contributed by atoms with van der Waals surface area (Å²) in [6.07, 6.45) is 1.73. The number of nitrogens with one attached hydrogen (secondary N) is 1. The molecule has 0 aliphatic carbocycles. The summed E-state index contributed by atoms with van der Waals surface area (Å²) in [6.45, 7) is 5.53. The number of rotatable bonds is 8. The minimum absolute atomic E-state index is 0.188. The van der Waals surface area contributed by atoms with Gasteiger partial charge in [0.2, 0.25) is 10.0 Å². The Morgan fingerprint density at radius 2 is 1.94 bits per heavy atom. The van der Waals surface area contributed by atoms with Gasteiger partial charge in [-0.1, -0.05) is 36.7 Å². The van der Waals surface area contributed by atoms with E-state index in [-0.39, 0.29) is 10.8 Å². The van der Waals surface area contributed by atoms with Crippen LogP contribution in [0, 0.1) is 12.8 Å². The predicted molar refractivity (Wildman–Crippen MR) is 128 cm³/mol. The van der Waals surface area contributed by atoms with Crippen LogP contribution in [0.25, 0.3) is 0 Å². The molecule has 0 saturated carbocycles. The van der Waals surface area contributed by atoms with Crippen LogP contribution in [0.2, 0.25) is 5.02 Å². The molecule has 1 aliphatic heterocycles. The second-order valence-corrected chi connectivity index (χ2v) is 11.5. The average molecular weight is 481 g/mol. The molecular formula is C23H29ClN2O3S2. The largest absolute Gasteiger partial charge is 0.351 e. The lowest BCUT2D eigenvalue weighted by Gasteiger charge is -2.29. The first-order valence-electron chi connectivity index (χ1n) is 10.5. The van der Waals surface area contributed by atoms with Crippen molar-refractivity contribution in [2.24, 2.45) is 5.92 Å². The number of aryl methyl sites for hydroxylation is 1. The SMILES string of the molecule is Cc1ccc(S(=O)(=O)N2CCC(C)CC2)cc1C(=O)NCCSCc1cccc(Cl)c1. The third-order valence-electron chi connectivity index (χ3n) is 5.52. The van der Waals surface area contributed by atoms with Crippen molar-refractivity contribution in [1.82, 2.24) is 9.62 Å². The zero-order valence-electron chi connectivity index (χ0n) is 17.9. The molecule has 1 saturated heterocycles. The smallest absolute Gasteiger partial charge is 0.251 e. The van der Waals surface area contributed by atoms with E-state index in [1.165, 1.54) is 10.4 Å². The standard InChI is InChI=1S/C23H29ClN2O3S2/c1-17-8-11-26(12-9-17)31(28,29)21-7-6-18(2)22(15-21)23(27)25-10-13-30-16-19-4-3-5-20(24)14-19/h3-7,14-15,17H,8-13,16H2,1-2H3,(H,25,27). The van der Waals surface area contributed by atoms with Gasteiger partial charge in [0, 0.05) is 41.7 Å². The molecule has 3 rings (SSSR count). The molecule has 31 heavy (non-hydrogen) atoms. The zero-order chi connectivity index (χ0) is 22.4. The van der Waals surface area contributed by atoms with Gasteiger partial charge in [-0.05, 0) is 61.1 Å². The molecule has 0 unspecified atom stereocenters. The van der Waals surface area contributed by atoms with Gasteiger partial charge < -0.3 is 5.32 Å². The number of hydrogen-bond acceptors (Lipinski definition) is 4. The Morgan fingerprint density at radius 1 is 1.19 bits per heavy atom. The average Bonchev–Trinajstić information content (AvgIpc) is 2.74. The van der Waals surface area contributed by atoms with Gasteiger partial charge in [-0.15, -0.1) is 0 Å². The first-order valence-corrected chi connectivity index (χ1v) is 13.5. The van der Waals surface area contributed by atoms with Crippen molar-refractivity contribution in [3.63, 3.8) is 0 Å². The lowest BCUT2D eigenvalue weighted by Crippen LogP contribution is -2.38. The van der Waals surface area contributed by atoms with E-state index >= 15 is 0 Å². The fourth-order valence-corrected chi connectivity index (χ4v) is 6.04. The van der Waals surface area contributed by atoms with Crippen LogP contribution in [-0.4, -0.2) is 44.0 Å². The van der Waals surface area contributed by atoms with Crippen molar-refractivity contribution < 1.29 is 13.2 Å². The van der Waals surface area contributed by atoms with Crippen molar-refractivity contribution in [2.45, 2.75) is 37.3 Å². The molecule has 2 aromatic carbocycles. The molecule has 0 atom stereocenters. The van der Waals surface area contributed by atoms with Gasteiger partial charge in [-0.25, -0.2) is 8.42 Å². The minimum Gasteiger partial charge on any atom is -0.351 e. The van der Waals surface area contributed by atoms with Crippen LogP contribution in [0.15, 0.2) is 47.4 Å². The molecule has 0 bridgehead atoms. The summed E-state index contributed by atoms with van der Waals surface area (Å²) < 4.78 is 27.6. The van der Waals surface area contributed by atoms with E-state index in [9.17, 15) is 13.2 Å². The molecule has 1 N–H and O–H groups in total. The first kappa shape index (κ1) is 24.1. The summed E-state index contributed by atoms with van der Waals surface area (Å²) in [5, 5.41) is 3.63. The van der Waals surface area contributed by atoms with Crippen LogP contribution in [-0.2, 0) is 15.8 Å². The fourth-order valence-electron chi connectivity index (χ4n) is 3.53. The van der Waals surface area contributed by atoms with Gasteiger partial charge in [0.1, 0.15) is 0 Å². The highest BCUT2D eigenvalue weighted by Gasteiger charge is 2.28. The van der Waals surface area contributed by atoms with E-state index < -0.39 is 10.0 Å². The number of nitrogens with zero attached hydrogens (tertiary/aromatic N) is 1. The van der Waals surface area contributed by atoms with Gasteiger partial charge >= 0.3 is 0 Å². The van der Waals surface area contributed by atoms with E-state index in [0.717, 1.165) is 40.5 Å². The quantitative estimate of drug-likeness (QED) is 0.554. The molecular weight excluding hydrogens is 452 g/mol. The summed E-state index contributed by atoms with van der Waals surface area (Å²) >= 11 is 7.70. The maximum Gasteiger partial charge on any atom is 0.251 e. The van der Waals surface area contributed by atoms with Crippen LogP contribution < -0.4 is 5.32 Å². The number of amides is 1. The second kappa shape index (κ2) is 10.9. The third-order valence-corrected chi connectivity index (χ3v) is 8.68. The fraction of sp³-hybridized carbons (Fsp3) is 0.435. The van der Waals surface area contributed by atoms with E-state index in [1.807, 2.05) is 31.2 Å². The maximum atomic E-state index is 13.0. The summed E-state index contributed by atoms with van der Waals surface area (Å²) in [5.74, 6) is 1.87. The van der Waals surface area contributed by atoms with Crippen molar-refractivity contribution in [1.29, 1.82) is 0 Å². The van der Waals surface area contributed by atoms with Crippen LogP contribution in [0.1, 0.15) is 41.3 Å². The van der Waals surface area contributed by atoms with Gasteiger partial charge in [0.15, 0.2) is 0 Å². The van der Waals surface area contributed by atoms with Gasteiger partial charge in [0.05, 0.1) is 4.90 Å². The van der Waals surface area contributed by atoms with Crippen molar-refractivity contribution >= 4 is 39.3 Å². The Morgan fingerprint density at radius 3 is 2.65 bits per heavy atom. The Kier molecular flexibility index (Phi) is 8.44. The highest BCUT2D eigenvalue weighted by molar-refractivity contribution is 7.98. The highest BCUT2D eigenvalue weighted by Crippen LogP contribution is 2.25. The van der Waals surface area contributed by atoms with E-state index in [1.54, 1.807) is 23.9 Å². The summed E-state index contributed by atoms with van der Waals surface area (Å²) in [6, 6.07) is 12.5. The molecule has 168 valence electrons. The Labute approximate surface area is 194 Å². The third kappa shape index (κ3) is 6.48. The number of carbonyl (C=O) groups is 1. The van der Waals surface area contributed by atoms with E-state index in [0.29, 0.717) is 31.1 Å². The minimum atomic E-state index is -3.58. The van der Waals surface area contributed by atoms with Crippen LogP contribution in [0.3, 0.4) is 0 Å².